The molecule has 2 fully saturated rings. The molecule has 0 atom stereocenters. The molecule has 0 bridgehead atoms. The van der Waals surface area contributed by atoms with Crippen LogP contribution in [0.15, 0.2) is 48.5 Å². The zero-order valence-electron chi connectivity index (χ0n) is 17.9. The number of nitrogens with zero attached hydrogens (tertiary/aromatic N) is 5. The van der Waals surface area contributed by atoms with E-state index in [-0.39, 0.29) is 10.6 Å². The van der Waals surface area contributed by atoms with Gasteiger partial charge in [-0.3, -0.25) is 10.1 Å². The molecule has 0 aromatic heterocycles. The van der Waals surface area contributed by atoms with Gasteiger partial charge in [0.25, 0.3) is 5.69 Å². The van der Waals surface area contributed by atoms with Crippen molar-refractivity contribution in [1.29, 1.82) is 0 Å². The smallest absolute Gasteiger partial charge is 0.292 e. The number of piperazine rings is 2. The summed E-state index contributed by atoms with van der Waals surface area (Å²) >= 11 is 0. The number of rotatable bonds is 3. The van der Waals surface area contributed by atoms with Crippen LogP contribution in [0.4, 0.5) is 22.7 Å². The molecule has 8 nitrogen and oxygen atoms in total. The van der Waals surface area contributed by atoms with E-state index in [0.29, 0.717) is 0 Å². The summed E-state index contributed by atoms with van der Waals surface area (Å²) in [6, 6.07) is 15.0. The third-order valence-electron chi connectivity index (χ3n) is 5.70. The summed E-state index contributed by atoms with van der Waals surface area (Å²) < 4.78 is 0. The Hall–Kier alpha value is -2.84. The predicted molar refractivity (Wildman–Crippen MR) is 123 cm³/mol. The minimum Gasteiger partial charge on any atom is -0.397 e. The lowest BCUT2D eigenvalue weighted by Gasteiger charge is -2.34. The van der Waals surface area contributed by atoms with E-state index in [1.165, 1.54) is 5.69 Å². The number of likely N-dealkylation sites (N-methyl/N-ethyl adjacent to an activating group) is 2. The molecule has 0 radical (unpaired) electrons. The first-order valence-electron chi connectivity index (χ1n) is 10.4. The van der Waals surface area contributed by atoms with Gasteiger partial charge in [-0.15, -0.1) is 0 Å². The maximum atomic E-state index is 10.9. The van der Waals surface area contributed by atoms with Crippen LogP contribution in [-0.4, -0.2) is 81.2 Å². The van der Waals surface area contributed by atoms with Crippen LogP contribution in [0, 0.1) is 10.1 Å². The molecule has 0 spiro atoms. The highest BCUT2D eigenvalue weighted by Gasteiger charge is 2.21. The average molecular weight is 413 g/mol. The molecule has 8 heteroatoms. The molecule has 162 valence electrons. The monoisotopic (exact) mass is 412 g/mol. The van der Waals surface area contributed by atoms with Crippen molar-refractivity contribution in [2.45, 2.75) is 0 Å². The highest BCUT2D eigenvalue weighted by molar-refractivity contribution is 5.67. The molecule has 0 unspecified atom stereocenters. The van der Waals surface area contributed by atoms with Gasteiger partial charge in [-0.05, 0) is 32.3 Å². The van der Waals surface area contributed by atoms with Crippen LogP contribution in [0.25, 0.3) is 0 Å². The quantitative estimate of drug-likeness (QED) is 0.471. The lowest BCUT2D eigenvalue weighted by atomic mass is 10.2. The van der Waals surface area contributed by atoms with Crippen molar-refractivity contribution < 1.29 is 4.92 Å². The molecule has 2 aliphatic rings. The second-order valence-corrected chi connectivity index (χ2v) is 7.89. The molecule has 4 rings (SSSR count). The molecule has 0 saturated carbocycles. The molecule has 0 amide bonds. The lowest BCUT2D eigenvalue weighted by Crippen LogP contribution is -2.44. The lowest BCUT2D eigenvalue weighted by molar-refractivity contribution is -0.384. The number of nitro groups is 1. The summed E-state index contributed by atoms with van der Waals surface area (Å²) in [7, 11) is 4.22. The van der Waals surface area contributed by atoms with Crippen LogP contribution in [0.3, 0.4) is 0 Å². The van der Waals surface area contributed by atoms with Crippen molar-refractivity contribution in [3.05, 3.63) is 58.6 Å². The fourth-order valence-electron chi connectivity index (χ4n) is 3.76. The van der Waals surface area contributed by atoms with E-state index in [9.17, 15) is 10.1 Å². The van der Waals surface area contributed by atoms with Crippen molar-refractivity contribution >= 4 is 22.7 Å². The molecule has 0 aliphatic carbocycles. The summed E-state index contributed by atoms with van der Waals surface area (Å²) in [6.45, 7) is 7.99. The number of nitro benzene ring substituents is 1. The van der Waals surface area contributed by atoms with Gasteiger partial charge in [0.15, 0.2) is 0 Å². The number of para-hydroxylation sites is 4. The second kappa shape index (κ2) is 10.3. The highest BCUT2D eigenvalue weighted by Crippen LogP contribution is 2.28. The highest BCUT2D eigenvalue weighted by atomic mass is 16.6. The van der Waals surface area contributed by atoms with Crippen molar-refractivity contribution in [3.63, 3.8) is 0 Å². The summed E-state index contributed by atoms with van der Waals surface area (Å²) in [5, 5.41) is 10.9. The van der Waals surface area contributed by atoms with Gasteiger partial charge < -0.3 is 25.3 Å². The Morgan fingerprint density at radius 1 is 0.733 bits per heavy atom. The summed E-state index contributed by atoms with van der Waals surface area (Å²) in [6.07, 6.45) is 0. The van der Waals surface area contributed by atoms with Crippen LogP contribution < -0.4 is 15.5 Å². The Kier molecular flexibility index (Phi) is 7.48. The number of nitrogens with two attached hydrogens (primary N) is 1. The Balaban J connectivity index is 0.000000172. The SMILES string of the molecule is CN1CCN(c2ccccc2N)CC1.CN1CCN(c2ccccc2[N+](=O)[O-])CC1. The van der Waals surface area contributed by atoms with Gasteiger partial charge in [0.05, 0.1) is 16.3 Å². The Morgan fingerprint density at radius 3 is 1.67 bits per heavy atom. The van der Waals surface area contributed by atoms with Gasteiger partial charge in [-0.1, -0.05) is 24.3 Å². The van der Waals surface area contributed by atoms with E-state index in [1.54, 1.807) is 12.1 Å². The molecule has 30 heavy (non-hydrogen) atoms. The summed E-state index contributed by atoms with van der Waals surface area (Å²) in [5.74, 6) is 0. The third-order valence-corrected chi connectivity index (χ3v) is 5.70. The van der Waals surface area contributed by atoms with Gasteiger partial charge in [-0.25, -0.2) is 0 Å². The minimum atomic E-state index is -0.312. The van der Waals surface area contributed by atoms with Crippen molar-refractivity contribution in [3.8, 4) is 0 Å². The maximum absolute atomic E-state index is 10.9. The van der Waals surface area contributed by atoms with Crippen LogP contribution in [0.5, 0.6) is 0 Å². The second-order valence-electron chi connectivity index (χ2n) is 7.89. The molecule has 2 aromatic rings. The first-order valence-corrected chi connectivity index (χ1v) is 10.4. The molecular formula is C22H32N6O2. The fourth-order valence-corrected chi connectivity index (χ4v) is 3.76. The van der Waals surface area contributed by atoms with E-state index in [1.807, 2.05) is 30.3 Å². The van der Waals surface area contributed by atoms with Crippen molar-refractivity contribution in [1.82, 2.24) is 9.80 Å². The van der Waals surface area contributed by atoms with Gasteiger partial charge >= 0.3 is 0 Å². The molecular weight excluding hydrogens is 380 g/mol. The topological polar surface area (TPSA) is 82.1 Å². The number of hydrogen-bond donors (Lipinski definition) is 1. The van der Waals surface area contributed by atoms with Gasteiger partial charge in [0, 0.05) is 58.4 Å². The minimum absolute atomic E-state index is 0.201. The largest absolute Gasteiger partial charge is 0.397 e. The van der Waals surface area contributed by atoms with Crippen molar-refractivity contribution in [2.75, 3.05) is 82.0 Å². The first-order chi connectivity index (χ1) is 14.5. The molecule has 2 aliphatic heterocycles. The zero-order valence-corrected chi connectivity index (χ0v) is 17.9. The standard InChI is InChI=1S/C11H15N3O2.C11H17N3/c1-12-6-8-13(9-7-12)10-4-2-3-5-11(10)14(15)16;1-13-6-8-14(9-7-13)11-5-3-2-4-10(11)12/h2-5H,6-9H2,1H3;2-5H,6-9,12H2,1H3. The third kappa shape index (κ3) is 5.61. The van der Waals surface area contributed by atoms with E-state index < -0.39 is 0 Å². The van der Waals surface area contributed by atoms with E-state index in [4.69, 9.17) is 5.73 Å². The van der Waals surface area contributed by atoms with Crippen LogP contribution in [0.2, 0.25) is 0 Å². The molecule has 2 N–H and O–H groups in total. The number of anilines is 3. The van der Waals surface area contributed by atoms with Crippen molar-refractivity contribution in [2.24, 2.45) is 0 Å². The van der Waals surface area contributed by atoms with Crippen LogP contribution in [-0.2, 0) is 0 Å². The normalized spacial score (nSPS) is 17.9. The summed E-state index contributed by atoms with van der Waals surface area (Å²) in [5.41, 5.74) is 8.94. The van der Waals surface area contributed by atoms with Crippen LogP contribution >= 0.6 is 0 Å². The predicted octanol–water partition coefficient (Wildman–Crippen LogP) is 2.37. The van der Waals surface area contributed by atoms with E-state index in [0.717, 1.165) is 63.7 Å². The Morgan fingerprint density at radius 2 is 1.17 bits per heavy atom. The van der Waals surface area contributed by atoms with E-state index in [2.05, 4.69) is 39.8 Å². The number of nitrogen functional groups attached to an aromatic ring is 1. The number of benzene rings is 2. The fraction of sp³-hybridized carbons (Fsp3) is 0.455. The van der Waals surface area contributed by atoms with Gasteiger partial charge in [0.1, 0.15) is 5.69 Å². The Bertz CT molecular complexity index is 830. The van der Waals surface area contributed by atoms with Crippen LogP contribution in [0.1, 0.15) is 0 Å². The summed E-state index contributed by atoms with van der Waals surface area (Å²) in [4.78, 5) is 19.6. The zero-order chi connectivity index (χ0) is 21.5. The molecule has 2 saturated heterocycles. The van der Waals surface area contributed by atoms with Gasteiger partial charge in [0.2, 0.25) is 0 Å². The maximum Gasteiger partial charge on any atom is 0.292 e. The molecule has 2 heterocycles. The van der Waals surface area contributed by atoms with E-state index >= 15 is 0 Å². The van der Waals surface area contributed by atoms with Gasteiger partial charge in [-0.2, -0.15) is 0 Å². The Labute approximate surface area is 178 Å². The first kappa shape index (κ1) is 21.9. The molecule has 2 aromatic carbocycles. The average Bonchev–Trinajstić information content (AvgIpc) is 2.76. The number of hydrogen-bond acceptors (Lipinski definition) is 7.